The van der Waals surface area contributed by atoms with E-state index in [4.69, 9.17) is 0 Å². The molecule has 0 aromatic heterocycles. The highest BCUT2D eigenvalue weighted by Crippen LogP contribution is 2.22. The number of nitrogens with one attached hydrogen (secondary N) is 1. The quantitative estimate of drug-likeness (QED) is 0.680. The summed E-state index contributed by atoms with van der Waals surface area (Å²) in [6.45, 7) is 0.223. The molecule has 1 aromatic carbocycles. The van der Waals surface area contributed by atoms with Gasteiger partial charge in [0.2, 0.25) is 0 Å². The first-order valence-corrected chi connectivity index (χ1v) is 5.38. The van der Waals surface area contributed by atoms with Crippen LogP contribution in [-0.2, 0) is 9.53 Å². The van der Waals surface area contributed by atoms with E-state index in [0.717, 1.165) is 13.2 Å². The van der Waals surface area contributed by atoms with Gasteiger partial charge < -0.3 is 4.74 Å². The number of ether oxygens (including phenoxy) is 1. The van der Waals surface area contributed by atoms with E-state index in [-0.39, 0.29) is 5.56 Å². The predicted molar refractivity (Wildman–Crippen MR) is 60.0 cm³/mol. The van der Waals surface area contributed by atoms with Crippen LogP contribution >= 0.6 is 0 Å². The number of carbonyl (C=O) groups is 1. The van der Waals surface area contributed by atoms with Gasteiger partial charge >= 0.3 is 12.1 Å². The van der Waals surface area contributed by atoms with Crippen molar-refractivity contribution < 1.29 is 27.1 Å². The first-order chi connectivity index (χ1) is 8.74. The lowest BCUT2D eigenvalue weighted by Crippen LogP contribution is -2.37. The number of hydrogen-bond acceptors (Lipinski definition) is 3. The molecular weight excluding hydrogens is 266 g/mol. The fraction of sp³-hybridized carbons (Fsp3) is 0.417. The summed E-state index contributed by atoms with van der Waals surface area (Å²) < 4.78 is 54.5. The van der Waals surface area contributed by atoms with Crippen molar-refractivity contribution in [3.8, 4) is 0 Å². The Bertz CT molecular complexity index is 460. The van der Waals surface area contributed by atoms with Crippen LogP contribution in [0.4, 0.5) is 17.6 Å². The monoisotopic (exact) mass is 279 g/mol. The number of rotatable bonds is 4. The molecule has 0 bridgehead atoms. The lowest BCUT2D eigenvalue weighted by molar-refractivity contribution is -0.146. The van der Waals surface area contributed by atoms with Gasteiger partial charge in [0.1, 0.15) is 11.9 Å². The van der Waals surface area contributed by atoms with Crippen LogP contribution in [-0.4, -0.2) is 25.8 Å². The van der Waals surface area contributed by atoms with Gasteiger partial charge in [0.15, 0.2) is 0 Å². The molecule has 3 nitrogen and oxygen atoms in total. The fourth-order valence-electron chi connectivity index (χ4n) is 1.54. The minimum atomic E-state index is -4.51. The summed E-state index contributed by atoms with van der Waals surface area (Å²) in [6, 6.07) is 2.36. The standard InChI is InChI=1S/C12H13F4NO2/c1-7-3-4-9(13)8(5-7)10(11(18)19-2)17-6-12(14,15)16/h3-5,10,17H,6H2,1-2H3. The van der Waals surface area contributed by atoms with Crippen LogP contribution in [0.2, 0.25) is 0 Å². The van der Waals surface area contributed by atoms with Gasteiger partial charge in [-0.25, -0.2) is 9.18 Å². The van der Waals surface area contributed by atoms with Crippen LogP contribution in [0.3, 0.4) is 0 Å². The Labute approximate surface area is 107 Å². The molecule has 1 rings (SSSR count). The Morgan fingerprint density at radius 2 is 2.05 bits per heavy atom. The molecule has 1 N–H and O–H groups in total. The molecule has 19 heavy (non-hydrogen) atoms. The molecule has 0 aliphatic rings. The number of hydrogen-bond donors (Lipinski definition) is 1. The van der Waals surface area contributed by atoms with Gasteiger partial charge in [0, 0.05) is 5.56 Å². The van der Waals surface area contributed by atoms with Crippen molar-refractivity contribution >= 4 is 5.97 Å². The van der Waals surface area contributed by atoms with Crippen LogP contribution in [0, 0.1) is 12.7 Å². The Kier molecular flexibility index (Phi) is 4.88. The summed E-state index contributed by atoms with van der Waals surface area (Å²) in [7, 11) is 1.03. The molecule has 0 fully saturated rings. The average molecular weight is 279 g/mol. The third-order valence-corrected chi connectivity index (χ3v) is 2.41. The summed E-state index contributed by atoms with van der Waals surface area (Å²) in [6.07, 6.45) is -4.51. The van der Waals surface area contributed by atoms with Gasteiger partial charge in [-0.2, -0.15) is 13.2 Å². The molecule has 0 saturated heterocycles. The van der Waals surface area contributed by atoms with Crippen LogP contribution in [0.5, 0.6) is 0 Å². The van der Waals surface area contributed by atoms with Crippen LogP contribution < -0.4 is 5.32 Å². The predicted octanol–water partition coefficient (Wildman–Crippen LogP) is 2.50. The van der Waals surface area contributed by atoms with Crippen molar-refractivity contribution in [1.29, 1.82) is 0 Å². The van der Waals surface area contributed by atoms with Gasteiger partial charge in [0.25, 0.3) is 0 Å². The Morgan fingerprint density at radius 1 is 1.42 bits per heavy atom. The largest absolute Gasteiger partial charge is 0.468 e. The molecule has 1 aromatic rings. The zero-order chi connectivity index (χ0) is 14.6. The van der Waals surface area contributed by atoms with E-state index in [1.54, 1.807) is 6.92 Å². The van der Waals surface area contributed by atoms with E-state index >= 15 is 0 Å². The van der Waals surface area contributed by atoms with Crippen LogP contribution in [0.25, 0.3) is 0 Å². The second-order valence-corrected chi connectivity index (χ2v) is 3.98. The van der Waals surface area contributed by atoms with E-state index in [0.29, 0.717) is 5.56 Å². The molecule has 1 atom stereocenters. The number of carbonyl (C=O) groups excluding carboxylic acids is 1. The zero-order valence-corrected chi connectivity index (χ0v) is 10.3. The summed E-state index contributed by atoms with van der Waals surface area (Å²) in [5, 5.41) is 1.96. The Hall–Kier alpha value is -1.63. The van der Waals surface area contributed by atoms with Gasteiger partial charge in [0.05, 0.1) is 13.7 Å². The molecular formula is C12H13F4NO2. The summed E-state index contributed by atoms with van der Waals surface area (Å²) >= 11 is 0. The van der Waals surface area contributed by atoms with Crippen molar-refractivity contribution in [2.24, 2.45) is 0 Å². The summed E-state index contributed by atoms with van der Waals surface area (Å²) in [4.78, 5) is 11.5. The average Bonchev–Trinajstić information content (AvgIpc) is 2.31. The fourth-order valence-corrected chi connectivity index (χ4v) is 1.54. The molecule has 0 heterocycles. The minimum absolute atomic E-state index is 0.170. The van der Waals surface area contributed by atoms with Crippen molar-refractivity contribution in [2.45, 2.75) is 19.1 Å². The maximum absolute atomic E-state index is 13.6. The van der Waals surface area contributed by atoms with E-state index in [1.165, 1.54) is 12.1 Å². The van der Waals surface area contributed by atoms with E-state index < -0.39 is 30.5 Å². The number of aryl methyl sites for hydroxylation is 1. The highest BCUT2D eigenvalue weighted by Gasteiger charge is 2.32. The minimum Gasteiger partial charge on any atom is -0.468 e. The van der Waals surface area contributed by atoms with Gasteiger partial charge in [-0.05, 0) is 13.0 Å². The maximum Gasteiger partial charge on any atom is 0.401 e. The molecule has 7 heteroatoms. The number of halogens is 4. The third-order valence-electron chi connectivity index (χ3n) is 2.41. The zero-order valence-electron chi connectivity index (χ0n) is 10.3. The molecule has 0 radical (unpaired) electrons. The second kappa shape index (κ2) is 6.01. The highest BCUT2D eigenvalue weighted by molar-refractivity contribution is 5.77. The van der Waals surface area contributed by atoms with Crippen LogP contribution in [0.1, 0.15) is 17.2 Å². The highest BCUT2D eigenvalue weighted by atomic mass is 19.4. The lowest BCUT2D eigenvalue weighted by atomic mass is 10.0. The molecule has 0 saturated carbocycles. The molecule has 1 unspecified atom stereocenters. The molecule has 0 amide bonds. The van der Waals surface area contributed by atoms with Crippen molar-refractivity contribution in [3.05, 3.63) is 35.1 Å². The number of methoxy groups -OCH3 is 1. The lowest BCUT2D eigenvalue weighted by Gasteiger charge is -2.19. The number of esters is 1. The summed E-state index contributed by atoms with van der Waals surface area (Å²) in [5.74, 6) is -1.75. The number of alkyl halides is 3. The number of benzene rings is 1. The molecule has 0 spiro atoms. The normalized spacial score (nSPS) is 13.2. The van der Waals surface area contributed by atoms with Gasteiger partial charge in [-0.15, -0.1) is 0 Å². The van der Waals surface area contributed by atoms with Gasteiger partial charge in [-0.3, -0.25) is 5.32 Å². The SMILES string of the molecule is COC(=O)C(NCC(F)(F)F)c1cc(C)ccc1F. The third kappa shape index (κ3) is 4.51. The second-order valence-electron chi connectivity index (χ2n) is 3.98. The molecule has 0 aliphatic heterocycles. The van der Waals surface area contributed by atoms with Crippen molar-refractivity contribution in [2.75, 3.05) is 13.7 Å². The first-order valence-electron chi connectivity index (χ1n) is 5.38. The molecule has 106 valence electrons. The Morgan fingerprint density at radius 3 is 2.58 bits per heavy atom. The van der Waals surface area contributed by atoms with E-state index in [9.17, 15) is 22.4 Å². The summed E-state index contributed by atoms with van der Waals surface area (Å²) in [5.41, 5.74) is 0.454. The topological polar surface area (TPSA) is 38.3 Å². The first kappa shape index (κ1) is 15.4. The van der Waals surface area contributed by atoms with Crippen LogP contribution in [0.15, 0.2) is 18.2 Å². The van der Waals surface area contributed by atoms with Crippen molar-refractivity contribution in [1.82, 2.24) is 5.32 Å². The van der Waals surface area contributed by atoms with Crippen molar-refractivity contribution in [3.63, 3.8) is 0 Å². The Balaban J connectivity index is 3.03. The smallest absolute Gasteiger partial charge is 0.401 e. The van der Waals surface area contributed by atoms with Gasteiger partial charge in [-0.1, -0.05) is 17.7 Å². The molecule has 0 aliphatic carbocycles. The van der Waals surface area contributed by atoms with E-state index in [1.807, 2.05) is 5.32 Å². The maximum atomic E-state index is 13.6. The van der Waals surface area contributed by atoms with E-state index in [2.05, 4.69) is 4.74 Å².